The molecule has 84 valence electrons. The third-order valence-electron chi connectivity index (χ3n) is 1.17. The number of halogens is 7. The molecule has 10 heteroatoms. The SMILES string of the molecule is NOC(=O)C(F)(C(F)(F)F)C(F)(F)F. The molecule has 0 heterocycles. The van der Waals surface area contributed by atoms with Gasteiger partial charge in [-0.05, 0) is 0 Å². The molecule has 0 aliphatic heterocycles. The van der Waals surface area contributed by atoms with E-state index in [0.717, 1.165) is 0 Å². The second-order valence-electron chi connectivity index (χ2n) is 2.06. The Hall–Kier alpha value is -1.06. The first-order chi connectivity index (χ1) is 5.98. The molecule has 0 atom stereocenters. The lowest BCUT2D eigenvalue weighted by atomic mass is 10.1. The van der Waals surface area contributed by atoms with Crippen LogP contribution in [0.15, 0.2) is 0 Å². The lowest BCUT2D eigenvalue weighted by molar-refractivity contribution is -0.333. The lowest BCUT2D eigenvalue weighted by Crippen LogP contribution is -2.60. The molecule has 2 N–H and O–H groups in total. The fourth-order valence-electron chi connectivity index (χ4n) is 0.473. The first kappa shape index (κ1) is 12.9. The first-order valence-electron chi connectivity index (χ1n) is 2.72. The summed E-state index contributed by atoms with van der Waals surface area (Å²) < 4.78 is 81.9. The molecule has 0 rings (SSSR count). The Morgan fingerprint density at radius 1 is 0.929 bits per heavy atom. The lowest BCUT2D eigenvalue weighted by Gasteiger charge is -2.26. The van der Waals surface area contributed by atoms with Crippen LogP contribution in [-0.4, -0.2) is 24.0 Å². The van der Waals surface area contributed by atoms with Crippen molar-refractivity contribution >= 4 is 5.97 Å². The van der Waals surface area contributed by atoms with Gasteiger partial charge in [-0.2, -0.15) is 32.2 Å². The molecular weight excluding hydrogens is 227 g/mol. The summed E-state index contributed by atoms with van der Waals surface area (Å²) in [4.78, 5) is 12.6. The van der Waals surface area contributed by atoms with E-state index in [0.29, 0.717) is 0 Å². The highest BCUT2D eigenvalue weighted by Gasteiger charge is 2.79. The van der Waals surface area contributed by atoms with Gasteiger partial charge in [0.05, 0.1) is 0 Å². The Morgan fingerprint density at radius 2 is 1.21 bits per heavy atom. The molecule has 0 aromatic rings. The smallest absolute Gasteiger partial charge is 0.370 e. The predicted molar refractivity (Wildman–Crippen MR) is 26.2 cm³/mol. The van der Waals surface area contributed by atoms with Crippen LogP contribution in [0.3, 0.4) is 0 Å². The molecule has 0 bridgehead atoms. The maximum Gasteiger partial charge on any atom is 0.443 e. The normalized spacial score (nSPS) is 14.0. The number of hydrogen-bond acceptors (Lipinski definition) is 3. The van der Waals surface area contributed by atoms with Gasteiger partial charge in [-0.25, -0.2) is 9.18 Å². The van der Waals surface area contributed by atoms with Gasteiger partial charge in [0.15, 0.2) is 0 Å². The summed E-state index contributed by atoms with van der Waals surface area (Å²) >= 11 is 0. The fourth-order valence-corrected chi connectivity index (χ4v) is 0.473. The number of carbonyl (C=O) groups is 1. The van der Waals surface area contributed by atoms with E-state index in [9.17, 15) is 35.5 Å². The quantitative estimate of drug-likeness (QED) is 0.543. The average Bonchev–Trinajstić information content (AvgIpc) is 1.97. The van der Waals surface area contributed by atoms with Crippen molar-refractivity contribution in [2.75, 3.05) is 0 Å². The van der Waals surface area contributed by atoms with E-state index in [-0.39, 0.29) is 0 Å². The van der Waals surface area contributed by atoms with Crippen LogP contribution in [0.25, 0.3) is 0 Å². The molecular formula is C4H2F7NO2. The van der Waals surface area contributed by atoms with Gasteiger partial charge in [0.1, 0.15) is 0 Å². The maximum atomic E-state index is 12.4. The molecule has 0 radical (unpaired) electrons. The van der Waals surface area contributed by atoms with Crippen LogP contribution in [0.2, 0.25) is 0 Å². The van der Waals surface area contributed by atoms with Crippen molar-refractivity contribution in [2.45, 2.75) is 18.0 Å². The third kappa shape index (κ3) is 1.74. The van der Waals surface area contributed by atoms with Gasteiger partial charge < -0.3 is 4.84 Å². The minimum atomic E-state index is -6.48. The summed E-state index contributed by atoms with van der Waals surface area (Å²) in [7, 11) is 0. The van der Waals surface area contributed by atoms with Crippen LogP contribution in [-0.2, 0) is 9.63 Å². The number of hydrogen-bond donors (Lipinski definition) is 1. The van der Waals surface area contributed by atoms with Crippen molar-refractivity contribution in [3.05, 3.63) is 0 Å². The third-order valence-corrected chi connectivity index (χ3v) is 1.17. The monoisotopic (exact) mass is 229 g/mol. The highest BCUT2D eigenvalue weighted by Crippen LogP contribution is 2.46. The van der Waals surface area contributed by atoms with Gasteiger partial charge in [0.25, 0.3) is 0 Å². The van der Waals surface area contributed by atoms with Crippen LogP contribution in [0.5, 0.6) is 0 Å². The van der Waals surface area contributed by atoms with Crippen LogP contribution in [0.1, 0.15) is 0 Å². The van der Waals surface area contributed by atoms with E-state index in [2.05, 4.69) is 10.7 Å². The average molecular weight is 229 g/mol. The summed E-state index contributed by atoms with van der Waals surface area (Å²) in [5, 5.41) is 0. The van der Waals surface area contributed by atoms with Crippen molar-refractivity contribution in [2.24, 2.45) is 5.90 Å². The molecule has 14 heavy (non-hydrogen) atoms. The number of carbonyl (C=O) groups excluding carboxylic acids is 1. The number of nitrogens with two attached hydrogens (primary N) is 1. The minimum Gasteiger partial charge on any atom is -0.370 e. The van der Waals surface area contributed by atoms with Crippen molar-refractivity contribution in [1.82, 2.24) is 0 Å². The fraction of sp³-hybridized carbons (Fsp3) is 0.750. The first-order valence-corrected chi connectivity index (χ1v) is 2.72. The molecule has 0 spiro atoms. The summed E-state index contributed by atoms with van der Waals surface area (Å²) in [6, 6.07) is 0. The standard InChI is InChI=1S/C4H2F7NO2/c5-2(1(13)14-12,3(6,7)8)4(9,10)11/h12H2. The van der Waals surface area contributed by atoms with Crippen LogP contribution >= 0.6 is 0 Å². The second kappa shape index (κ2) is 3.26. The van der Waals surface area contributed by atoms with E-state index >= 15 is 0 Å². The molecule has 0 aromatic carbocycles. The molecule has 0 aliphatic rings. The zero-order chi connectivity index (χ0) is 11.8. The van der Waals surface area contributed by atoms with Gasteiger partial charge in [-0.1, -0.05) is 0 Å². The van der Waals surface area contributed by atoms with Gasteiger partial charge in [-0.15, -0.1) is 0 Å². The molecule has 0 aromatic heterocycles. The minimum absolute atomic E-state index is 2.61. The zero-order valence-corrected chi connectivity index (χ0v) is 6.04. The van der Waals surface area contributed by atoms with Gasteiger partial charge >= 0.3 is 24.0 Å². The summed E-state index contributed by atoms with van der Waals surface area (Å²) in [6.45, 7) is 0. The Kier molecular flexibility index (Phi) is 3.01. The Bertz CT molecular complexity index is 217. The van der Waals surface area contributed by atoms with Gasteiger partial charge in [0, 0.05) is 0 Å². The van der Waals surface area contributed by atoms with Crippen molar-refractivity contribution in [1.29, 1.82) is 0 Å². The topological polar surface area (TPSA) is 52.3 Å². The highest BCUT2D eigenvalue weighted by atomic mass is 19.4. The van der Waals surface area contributed by atoms with Gasteiger partial charge in [-0.3, -0.25) is 0 Å². The summed E-state index contributed by atoms with van der Waals surface area (Å²) in [6.07, 6.45) is -13.0. The number of alkyl halides is 7. The molecule has 0 unspecified atom stereocenters. The van der Waals surface area contributed by atoms with Crippen LogP contribution < -0.4 is 5.90 Å². The van der Waals surface area contributed by atoms with E-state index in [1.807, 2.05) is 0 Å². The summed E-state index contributed by atoms with van der Waals surface area (Å²) in [5.74, 6) is 0.496. The molecule has 0 amide bonds. The molecule has 3 nitrogen and oxygen atoms in total. The van der Waals surface area contributed by atoms with Gasteiger partial charge in [0.2, 0.25) is 0 Å². The van der Waals surface area contributed by atoms with Crippen LogP contribution in [0, 0.1) is 0 Å². The largest absolute Gasteiger partial charge is 0.443 e. The second-order valence-corrected chi connectivity index (χ2v) is 2.06. The van der Waals surface area contributed by atoms with Crippen LogP contribution in [0.4, 0.5) is 30.7 Å². The zero-order valence-electron chi connectivity index (χ0n) is 6.04. The Morgan fingerprint density at radius 3 is 1.29 bits per heavy atom. The Labute approximate surface area is 71.6 Å². The molecule has 0 fully saturated rings. The van der Waals surface area contributed by atoms with Crippen molar-refractivity contribution in [3.63, 3.8) is 0 Å². The van der Waals surface area contributed by atoms with Crippen molar-refractivity contribution < 1.29 is 40.4 Å². The molecule has 0 saturated heterocycles. The maximum absolute atomic E-state index is 12.4. The van der Waals surface area contributed by atoms with E-state index in [1.165, 1.54) is 0 Å². The van der Waals surface area contributed by atoms with E-state index < -0.39 is 24.0 Å². The van der Waals surface area contributed by atoms with Crippen molar-refractivity contribution in [3.8, 4) is 0 Å². The molecule has 0 saturated carbocycles. The van der Waals surface area contributed by atoms with E-state index in [4.69, 9.17) is 0 Å². The predicted octanol–water partition coefficient (Wildman–Crippen LogP) is 1.24. The Balaban J connectivity index is 5.40. The highest BCUT2D eigenvalue weighted by molar-refractivity contribution is 5.81. The number of rotatable bonds is 1. The summed E-state index contributed by atoms with van der Waals surface area (Å²) in [5.41, 5.74) is -6.10. The molecule has 0 aliphatic carbocycles. The van der Waals surface area contributed by atoms with E-state index in [1.54, 1.807) is 0 Å².